The molecule has 0 atom stereocenters. The van der Waals surface area contributed by atoms with E-state index in [0.717, 1.165) is 43.4 Å². The van der Waals surface area contributed by atoms with E-state index in [0.29, 0.717) is 38.0 Å². The Hall–Kier alpha value is -2.78. The third-order valence-corrected chi connectivity index (χ3v) is 8.28. The predicted molar refractivity (Wildman–Crippen MR) is 122 cm³/mol. The van der Waals surface area contributed by atoms with E-state index in [1.54, 1.807) is 27.2 Å². The molecule has 3 aromatic rings. The lowest BCUT2D eigenvalue weighted by Gasteiger charge is -2.25. The van der Waals surface area contributed by atoms with E-state index in [-0.39, 0.29) is 10.8 Å². The second-order valence-electron chi connectivity index (χ2n) is 8.46. The highest BCUT2D eigenvalue weighted by Crippen LogP contribution is 2.28. The zero-order valence-corrected chi connectivity index (χ0v) is 18.8. The van der Waals surface area contributed by atoms with Gasteiger partial charge in [0.05, 0.1) is 10.4 Å². The summed E-state index contributed by atoms with van der Waals surface area (Å²) in [5, 5.41) is 8.37. The Morgan fingerprint density at radius 2 is 1.81 bits per heavy atom. The number of carbonyl (C=O) groups is 1. The Bertz CT molecular complexity index is 1250. The van der Waals surface area contributed by atoms with Crippen LogP contribution < -0.4 is 4.90 Å². The molecule has 2 aromatic carbocycles. The molecule has 1 aromatic heterocycles. The summed E-state index contributed by atoms with van der Waals surface area (Å²) < 4.78 is 29.2. The van der Waals surface area contributed by atoms with Crippen LogP contribution >= 0.6 is 0 Å². The number of benzene rings is 2. The Morgan fingerprint density at radius 3 is 2.66 bits per heavy atom. The third-order valence-electron chi connectivity index (χ3n) is 6.39. The summed E-state index contributed by atoms with van der Waals surface area (Å²) in [6, 6.07) is 13.1. The van der Waals surface area contributed by atoms with Crippen molar-refractivity contribution in [3.8, 4) is 0 Å². The van der Waals surface area contributed by atoms with E-state index >= 15 is 0 Å². The first-order chi connectivity index (χ1) is 15.5. The molecular formula is C23H27N5O3S. The minimum atomic E-state index is -3.50. The van der Waals surface area contributed by atoms with Crippen LogP contribution in [0.2, 0.25) is 0 Å². The van der Waals surface area contributed by atoms with Gasteiger partial charge in [0.25, 0.3) is 0 Å². The fraction of sp³-hybridized carbons (Fsp3) is 0.435. The lowest BCUT2D eigenvalue weighted by molar-refractivity contribution is -0.118. The van der Waals surface area contributed by atoms with Crippen LogP contribution in [0.5, 0.6) is 0 Å². The molecule has 2 aliphatic heterocycles. The second kappa shape index (κ2) is 8.63. The summed E-state index contributed by atoms with van der Waals surface area (Å²) >= 11 is 0. The Labute approximate surface area is 187 Å². The zero-order chi connectivity index (χ0) is 22.1. The number of amides is 1. The molecular weight excluding hydrogens is 426 g/mol. The number of rotatable bonds is 6. The SMILES string of the molecule is O=C(CCCn1nnc2cc(S(=O)(=O)N3CCCCC3)ccc21)N1CCc2ccccc21. The predicted octanol–water partition coefficient (Wildman–Crippen LogP) is 2.98. The van der Waals surface area contributed by atoms with Crippen molar-refractivity contribution in [1.82, 2.24) is 19.3 Å². The number of para-hydroxylation sites is 1. The number of aryl methyl sites for hydroxylation is 1. The molecule has 1 saturated heterocycles. The number of hydrogen-bond acceptors (Lipinski definition) is 5. The molecule has 3 heterocycles. The first kappa shape index (κ1) is 21.1. The van der Waals surface area contributed by atoms with Gasteiger partial charge in [0, 0.05) is 38.3 Å². The van der Waals surface area contributed by atoms with E-state index in [1.165, 1.54) is 5.56 Å². The molecule has 0 bridgehead atoms. The van der Waals surface area contributed by atoms with Gasteiger partial charge in [-0.3, -0.25) is 4.79 Å². The molecule has 2 aliphatic rings. The molecule has 168 valence electrons. The van der Waals surface area contributed by atoms with Gasteiger partial charge in [0.15, 0.2) is 0 Å². The van der Waals surface area contributed by atoms with Gasteiger partial charge in [-0.05, 0) is 55.5 Å². The van der Waals surface area contributed by atoms with Gasteiger partial charge in [-0.25, -0.2) is 13.1 Å². The molecule has 0 radical (unpaired) electrons. The fourth-order valence-corrected chi connectivity index (χ4v) is 6.18. The van der Waals surface area contributed by atoms with Gasteiger partial charge in [-0.15, -0.1) is 5.10 Å². The summed E-state index contributed by atoms with van der Waals surface area (Å²) in [6.07, 6.45) is 4.85. The maximum Gasteiger partial charge on any atom is 0.243 e. The molecule has 5 rings (SSSR count). The Balaban J connectivity index is 1.24. The molecule has 0 unspecified atom stereocenters. The highest BCUT2D eigenvalue weighted by Gasteiger charge is 2.27. The normalized spacial score (nSPS) is 17.1. The summed E-state index contributed by atoms with van der Waals surface area (Å²) in [5.41, 5.74) is 3.58. The first-order valence-electron chi connectivity index (χ1n) is 11.3. The first-order valence-corrected chi connectivity index (χ1v) is 12.7. The van der Waals surface area contributed by atoms with Gasteiger partial charge in [0.1, 0.15) is 5.52 Å². The van der Waals surface area contributed by atoms with Crippen LogP contribution in [0.25, 0.3) is 11.0 Å². The molecule has 0 aliphatic carbocycles. The highest BCUT2D eigenvalue weighted by molar-refractivity contribution is 7.89. The van der Waals surface area contributed by atoms with Crippen LogP contribution in [-0.2, 0) is 27.8 Å². The molecule has 0 saturated carbocycles. The van der Waals surface area contributed by atoms with Crippen LogP contribution in [0, 0.1) is 0 Å². The number of carbonyl (C=O) groups excluding carboxylic acids is 1. The molecule has 1 amide bonds. The van der Waals surface area contributed by atoms with Gasteiger partial charge < -0.3 is 4.90 Å². The maximum absolute atomic E-state index is 12.9. The number of sulfonamides is 1. The van der Waals surface area contributed by atoms with Crippen molar-refractivity contribution in [2.45, 2.75) is 50.0 Å². The molecule has 9 heteroatoms. The fourth-order valence-electron chi connectivity index (χ4n) is 4.64. The van der Waals surface area contributed by atoms with Crippen molar-refractivity contribution in [2.75, 3.05) is 24.5 Å². The molecule has 8 nitrogen and oxygen atoms in total. The van der Waals surface area contributed by atoms with E-state index in [2.05, 4.69) is 16.4 Å². The van der Waals surface area contributed by atoms with Crippen molar-refractivity contribution in [3.63, 3.8) is 0 Å². The van der Waals surface area contributed by atoms with Gasteiger partial charge >= 0.3 is 0 Å². The number of fused-ring (bicyclic) bond motifs is 2. The van der Waals surface area contributed by atoms with Gasteiger partial charge in [-0.1, -0.05) is 29.8 Å². The Kier molecular flexibility index (Phi) is 5.69. The van der Waals surface area contributed by atoms with E-state index in [9.17, 15) is 13.2 Å². The summed E-state index contributed by atoms with van der Waals surface area (Å²) in [7, 11) is -3.50. The summed E-state index contributed by atoms with van der Waals surface area (Å²) in [5.74, 6) is 0.120. The molecule has 1 fully saturated rings. The topological polar surface area (TPSA) is 88.4 Å². The minimum absolute atomic E-state index is 0.120. The lowest BCUT2D eigenvalue weighted by atomic mass is 10.2. The van der Waals surface area contributed by atoms with E-state index in [1.807, 2.05) is 23.1 Å². The number of hydrogen-bond donors (Lipinski definition) is 0. The van der Waals surface area contributed by atoms with Crippen LogP contribution in [0.4, 0.5) is 5.69 Å². The van der Waals surface area contributed by atoms with Crippen LogP contribution in [0.1, 0.15) is 37.7 Å². The maximum atomic E-state index is 12.9. The molecule has 0 spiro atoms. The van der Waals surface area contributed by atoms with Gasteiger partial charge in [0.2, 0.25) is 15.9 Å². The van der Waals surface area contributed by atoms with Crippen LogP contribution in [0.15, 0.2) is 47.4 Å². The Morgan fingerprint density at radius 1 is 1.00 bits per heavy atom. The average Bonchev–Trinajstić information content (AvgIpc) is 3.43. The average molecular weight is 454 g/mol. The highest BCUT2D eigenvalue weighted by atomic mass is 32.2. The number of anilines is 1. The van der Waals surface area contributed by atoms with Crippen LogP contribution in [0.3, 0.4) is 0 Å². The zero-order valence-electron chi connectivity index (χ0n) is 18.0. The quantitative estimate of drug-likeness (QED) is 0.573. The third kappa shape index (κ3) is 3.91. The van der Waals surface area contributed by atoms with Crippen molar-refractivity contribution in [2.24, 2.45) is 0 Å². The second-order valence-corrected chi connectivity index (χ2v) is 10.4. The van der Waals surface area contributed by atoms with Crippen molar-refractivity contribution in [3.05, 3.63) is 48.0 Å². The molecule has 32 heavy (non-hydrogen) atoms. The summed E-state index contributed by atoms with van der Waals surface area (Å²) in [6.45, 7) is 2.43. The number of nitrogens with zero attached hydrogens (tertiary/aromatic N) is 5. The van der Waals surface area contributed by atoms with E-state index in [4.69, 9.17) is 0 Å². The smallest absolute Gasteiger partial charge is 0.243 e. The van der Waals surface area contributed by atoms with Crippen molar-refractivity contribution >= 4 is 32.7 Å². The van der Waals surface area contributed by atoms with Crippen molar-refractivity contribution in [1.29, 1.82) is 0 Å². The summed E-state index contributed by atoms with van der Waals surface area (Å²) in [4.78, 5) is 14.8. The van der Waals surface area contributed by atoms with E-state index < -0.39 is 10.0 Å². The van der Waals surface area contributed by atoms with Crippen LogP contribution in [-0.4, -0.2) is 53.3 Å². The number of piperidine rings is 1. The lowest BCUT2D eigenvalue weighted by Crippen LogP contribution is -2.35. The van der Waals surface area contributed by atoms with Gasteiger partial charge in [-0.2, -0.15) is 4.31 Å². The monoisotopic (exact) mass is 453 g/mol. The van der Waals surface area contributed by atoms with Crippen molar-refractivity contribution < 1.29 is 13.2 Å². The standard InChI is InChI=1S/C23H27N5O3S/c29-23(27-16-12-18-7-2-3-8-21(18)27)9-6-15-28-22-11-10-19(17-20(22)24-25-28)32(30,31)26-13-4-1-5-14-26/h2-3,7-8,10-11,17H,1,4-6,9,12-16H2. The molecule has 0 N–H and O–H groups in total. The number of aromatic nitrogens is 3. The largest absolute Gasteiger partial charge is 0.312 e. The minimum Gasteiger partial charge on any atom is -0.312 e.